The fourth-order valence-electron chi connectivity index (χ4n) is 1.66. The van der Waals surface area contributed by atoms with Gasteiger partial charge in [0, 0.05) is 30.3 Å². The van der Waals surface area contributed by atoms with E-state index < -0.39 is 0 Å². The highest BCUT2D eigenvalue weighted by atomic mass is 35.5. The first-order valence-corrected chi connectivity index (χ1v) is 6.06. The zero-order valence-corrected chi connectivity index (χ0v) is 11.1. The van der Waals surface area contributed by atoms with Gasteiger partial charge in [0.05, 0.1) is 6.20 Å². The van der Waals surface area contributed by atoms with Gasteiger partial charge >= 0.3 is 0 Å². The second-order valence-electron chi connectivity index (χ2n) is 3.83. The Kier molecular flexibility index (Phi) is 4.54. The van der Waals surface area contributed by atoms with Crippen LogP contribution >= 0.6 is 11.6 Å². The molecule has 100 valence electrons. The number of carbonyl (C=O) groups excluding carboxylic acids is 1. The van der Waals surface area contributed by atoms with E-state index >= 15 is 0 Å². The van der Waals surface area contributed by atoms with Crippen LogP contribution in [-0.4, -0.2) is 24.7 Å². The fraction of sp³-hybridized carbons (Fsp3) is 0.231. The van der Waals surface area contributed by atoms with Crippen molar-refractivity contribution >= 4 is 17.5 Å². The monoisotopic (exact) mass is 280 g/mol. The van der Waals surface area contributed by atoms with Crippen molar-refractivity contribution in [2.24, 2.45) is 0 Å². The molecule has 1 aromatic heterocycles. The van der Waals surface area contributed by atoms with Gasteiger partial charge in [0.1, 0.15) is 6.10 Å². The summed E-state index contributed by atoms with van der Waals surface area (Å²) < 4.78 is 10.1. The normalized spacial score (nSPS) is 12.1. The lowest BCUT2D eigenvalue weighted by Crippen LogP contribution is -2.29. The number of hydrogen-bond acceptors (Lipinski definition) is 4. The number of methoxy groups -OCH3 is 1. The van der Waals surface area contributed by atoms with Crippen LogP contribution in [0.15, 0.2) is 41.1 Å². The van der Waals surface area contributed by atoms with Gasteiger partial charge in [0.15, 0.2) is 0 Å². The molecule has 1 N–H and O–H groups in total. The average Bonchev–Trinajstić information content (AvgIpc) is 2.95. The van der Waals surface area contributed by atoms with Crippen molar-refractivity contribution in [3.63, 3.8) is 0 Å². The van der Waals surface area contributed by atoms with Gasteiger partial charge in [-0.2, -0.15) is 0 Å². The van der Waals surface area contributed by atoms with Crippen LogP contribution in [0.25, 0.3) is 0 Å². The zero-order valence-electron chi connectivity index (χ0n) is 10.3. The third-order valence-corrected chi connectivity index (χ3v) is 2.99. The van der Waals surface area contributed by atoms with Crippen molar-refractivity contribution < 1.29 is 14.1 Å². The third kappa shape index (κ3) is 3.33. The van der Waals surface area contributed by atoms with Crippen molar-refractivity contribution in [3.05, 3.63) is 52.9 Å². The minimum Gasteiger partial charge on any atom is -0.375 e. The topological polar surface area (TPSA) is 64.4 Å². The van der Waals surface area contributed by atoms with Crippen LogP contribution in [0.2, 0.25) is 5.02 Å². The molecular formula is C13H13ClN2O3. The average molecular weight is 281 g/mol. The number of nitrogens with zero attached hydrogens (tertiary/aromatic N) is 1. The summed E-state index contributed by atoms with van der Waals surface area (Å²) in [6, 6.07) is 8.84. The summed E-state index contributed by atoms with van der Waals surface area (Å²) in [5.41, 5.74) is 0.824. The Morgan fingerprint density at radius 1 is 1.47 bits per heavy atom. The van der Waals surface area contributed by atoms with Crippen molar-refractivity contribution in [1.82, 2.24) is 10.5 Å². The summed E-state index contributed by atoms with van der Waals surface area (Å²) in [5.74, 6) is -0.180. The largest absolute Gasteiger partial charge is 0.375 e. The number of amides is 1. The maximum atomic E-state index is 11.7. The van der Waals surface area contributed by atoms with Crippen LogP contribution in [0.4, 0.5) is 0 Å². The first kappa shape index (κ1) is 13.6. The number of aromatic nitrogens is 1. The molecule has 5 nitrogen and oxygen atoms in total. The van der Waals surface area contributed by atoms with E-state index in [1.165, 1.54) is 12.3 Å². The summed E-state index contributed by atoms with van der Waals surface area (Å²) in [5, 5.41) is 6.78. The molecule has 0 spiro atoms. The second-order valence-corrected chi connectivity index (χ2v) is 4.24. The summed E-state index contributed by atoms with van der Waals surface area (Å²) in [6.07, 6.45) is 1.09. The molecule has 0 radical (unpaired) electrons. The molecule has 2 rings (SSSR count). The van der Waals surface area contributed by atoms with Gasteiger partial charge in [-0.3, -0.25) is 4.79 Å². The van der Waals surface area contributed by atoms with E-state index in [-0.39, 0.29) is 17.8 Å². The van der Waals surface area contributed by atoms with E-state index in [9.17, 15) is 4.79 Å². The Balaban J connectivity index is 2.01. The predicted molar refractivity (Wildman–Crippen MR) is 70.0 cm³/mol. The smallest absolute Gasteiger partial charge is 0.289 e. The minimum atomic E-state index is -0.341. The quantitative estimate of drug-likeness (QED) is 0.914. The maximum absolute atomic E-state index is 11.7. The van der Waals surface area contributed by atoms with E-state index in [4.69, 9.17) is 20.9 Å². The Morgan fingerprint density at radius 3 is 2.89 bits per heavy atom. The van der Waals surface area contributed by atoms with Crippen LogP contribution in [0, 0.1) is 0 Å². The molecule has 0 saturated heterocycles. The summed E-state index contributed by atoms with van der Waals surface area (Å²) in [7, 11) is 1.56. The van der Waals surface area contributed by atoms with Gasteiger partial charge in [-0.05, 0) is 6.07 Å². The Labute approximate surface area is 115 Å². The van der Waals surface area contributed by atoms with E-state index in [0.29, 0.717) is 11.6 Å². The number of hydrogen-bond donors (Lipinski definition) is 1. The van der Waals surface area contributed by atoms with Crippen molar-refractivity contribution in [1.29, 1.82) is 0 Å². The minimum absolute atomic E-state index is 0.161. The Bertz CT molecular complexity index is 543. The van der Waals surface area contributed by atoms with Crippen LogP contribution in [0.3, 0.4) is 0 Å². The first-order chi connectivity index (χ1) is 9.22. The number of halogens is 1. The number of rotatable bonds is 5. The van der Waals surface area contributed by atoms with Crippen LogP contribution in [-0.2, 0) is 4.74 Å². The van der Waals surface area contributed by atoms with E-state index in [1.807, 2.05) is 18.2 Å². The van der Waals surface area contributed by atoms with Crippen molar-refractivity contribution in [3.8, 4) is 0 Å². The fourth-order valence-corrected chi connectivity index (χ4v) is 1.92. The molecule has 1 aromatic carbocycles. The van der Waals surface area contributed by atoms with Gasteiger partial charge in [0.25, 0.3) is 5.91 Å². The van der Waals surface area contributed by atoms with Crippen LogP contribution < -0.4 is 5.32 Å². The van der Waals surface area contributed by atoms with Crippen LogP contribution in [0.1, 0.15) is 22.2 Å². The lowest BCUT2D eigenvalue weighted by atomic mass is 10.1. The number of nitrogens with one attached hydrogen (secondary N) is 1. The van der Waals surface area contributed by atoms with Crippen molar-refractivity contribution in [2.75, 3.05) is 13.7 Å². The van der Waals surface area contributed by atoms with E-state index in [0.717, 1.165) is 5.56 Å². The highest BCUT2D eigenvalue weighted by Crippen LogP contribution is 2.24. The summed E-state index contributed by atoms with van der Waals surface area (Å²) in [6.45, 7) is 0.291. The number of ether oxygens (including phenoxy) is 1. The summed E-state index contributed by atoms with van der Waals surface area (Å²) >= 11 is 6.09. The highest BCUT2D eigenvalue weighted by Gasteiger charge is 2.16. The molecule has 2 aromatic rings. The van der Waals surface area contributed by atoms with E-state index in [1.54, 1.807) is 13.2 Å². The second kappa shape index (κ2) is 6.36. The molecule has 0 fully saturated rings. The molecule has 0 aliphatic rings. The Hall–Kier alpha value is -1.85. The van der Waals surface area contributed by atoms with E-state index in [2.05, 4.69) is 10.5 Å². The molecule has 0 aliphatic carbocycles. The lowest BCUT2D eigenvalue weighted by molar-refractivity contribution is 0.0801. The van der Waals surface area contributed by atoms with Gasteiger partial charge < -0.3 is 14.6 Å². The lowest BCUT2D eigenvalue weighted by Gasteiger charge is -2.17. The number of carbonyl (C=O) groups is 1. The molecule has 0 saturated carbocycles. The van der Waals surface area contributed by atoms with Crippen molar-refractivity contribution in [2.45, 2.75) is 6.10 Å². The van der Waals surface area contributed by atoms with Gasteiger partial charge in [0.2, 0.25) is 5.76 Å². The molecule has 1 atom stereocenters. The molecule has 1 heterocycles. The molecule has 1 amide bonds. The predicted octanol–water partition coefficient (Wildman–Crippen LogP) is 2.45. The molecular weight excluding hydrogens is 268 g/mol. The van der Waals surface area contributed by atoms with Gasteiger partial charge in [-0.15, -0.1) is 0 Å². The highest BCUT2D eigenvalue weighted by molar-refractivity contribution is 6.31. The first-order valence-electron chi connectivity index (χ1n) is 5.68. The van der Waals surface area contributed by atoms with Gasteiger partial charge in [-0.1, -0.05) is 35.0 Å². The molecule has 19 heavy (non-hydrogen) atoms. The molecule has 0 aliphatic heterocycles. The Morgan fingerprint density at radius 2 is 2.26 bits per heavy atom. The number of benzene rings is 1. The standard InChI is InChI=1S/C13H13ClN2O3/c1-18-12(9-4-2-3-5-10(9)14)8-15-13(17)11-6-7-16-19-11/h2-7,12H,8H2,1H3,(H,15,17)/t12-/m0/s1. The van der Waals surface area contributed by atoms with Crippen LogP contribution in [0.5, 0.6) is 0 Å². The molecule has 0 unspecified atom stereocenters. The van der Waals surface area contributed by atoms with Gasteiger partial charge in [-0.25, -0.2) is 0 Å². The summed E-state index contributed by atoms with van der Waals surface area (Å²) in [4.78, 5) is 11.7. The zero-order chi connectivity index (χ0) is 13.7. The SMILES string of the molecule is CO[C@@H](CNC(=O)c1ccno1)c1ccccc1Cl. The molecule has 6 heteroatoms. The maximum Gasteiger partial charge on any atom is 0.289 e. The molecule has 0 bridgehead atoms. The third-order valence-electron chi connectivity index (χ3n) is 2.65.